The second-order valence-electron chi connectivity index (χ2n) is 3.70. The summed E-state index contributed by atoms with van der Waals surface area (Å²) in [7, 11) is 0. The number of rotatable bonds is 1. The summed E-state index contributed by atoms with van der Waals surface area (Å²) >= 11 is 0. The molecule has 0 spiro atoms. The van der Waals surface area contributed by atoms with Gasteiger partial charge in [-0.25, -0.2) is 0 Å². The summed E-state index contributed by atoms with van der Waals surface area (Å²) in [6.45, 7) is 3.75. The molecule has 2 N–H and O–H groups in total. The molecule has 0 aromatic heterocycles. The molecule has 72 valence electrons. The van der Waals surface area contributed by atoms with Gasteiger partial charge in [-0.3, -0.25) is 0 Å². The summed E-state index contributed by atoms with van der Waals surface area (Å²) in [5.74, 6) is 0. The van der Waals surface area contributed by atoms with Crippen molar-refractivity contribution in [2.75, 3.05) is 13.1 Å². The molecule has 4 heteroatoms. The van der Waals surface area contributed by atoms with Crippen LogP contribution in [-0.4, -0.2) is 36.0 Å². The van der Waals surface area contributed by atoms with Gasteiger partial charge in [-0.1, -0.05) is 0 Å². The molecular weight excluding hydrogens is 178 g/mol. The standard InChI is InChI=1S/C8H15NO2.ClH/c1-6-4-9-5-7(11-6)8(10)2-3-8;/h6-7,9-10H,2-5H2,1H3;1H/t6-,7-;/m1./s1. The van der Waals surface area contributed by atoms with E-state index in [1.165, 1.54) is 0 Å². The number of ether oxygens (including phenoxy) is 1. The molecule has 0 radical (unpaired) electrons. The maximum Gasteiger partial charge on any atom is 0.0990 e. The van der Waals surface area contributed by atoms with Crippen molar-refractivity contribution >= 4 is 12.4 Å². The first kappa shape index (κ1) is 10.3. The van der Waals surface area contributed by atoms with Crippen LogP contribution in [0.2, 0.25) is 0 Å². The molecule has 12 heavy (non-hydrogen) atoms. The van der Waals surface area contributed by atoms with Gasteiger partial charge >= 0.3 is 0 Å². The maximum atomic E-state index is 9.71. The number of hydrogen-bond donors (Lipinski definition) is 2. The maximum absolute atomic E-state index is 9.71. The predicted octanol–water partition coefficient (Wildman–Crippen LogP) is 0.310. The second-order valence-corrected chi connectivity index (χ2v) is 3.70. The van der Waals surface area contributed by atoms with E-state index in [-0.39, 0.29) is 24.6 Å². The van der Waals surface area contributed by atoms with Crippen molar-refractivity contribution in [2.24, 2.45) is 0 Å². The van der Waals surface area contributed by atoms with Gasteiger partial charge in [-0.15, -0.1) is 12.4 Å². The molecule has 0 aromatic rings. The zero-order valence-corrected chi connectivity index (χ0v) is 8.06. The van der Waals surface area contributed by atoms with Crippen LogP contribution in [0.25, 0.3) is 0 Å². The van der Waals surface area contributed by atoms with E-state index >= 15 is 0 Å². The average Bonchev–Trinajstić information content (AvgIpc) is 2.70. The number of hydrogen-bond acceptors (Lipinski definition) is 3. The van der Waals surface area contributed by atoms with E-state index in [0.29, 0.717) is 0 Å². The summed E-state index contributed by atoms with van der Waals surface area (Å²) in [6, 6.07) is 0. The van der Waals surface area contributed by atoms with E-state index in [9.17, 15) is 5.11 Å². The molecular formula is C8H16ClNO2. The Labute approximate surface area is 78.9 Å². The third kappa shape index (κ3) is 1.91. The molecule has 2 rings (SSSR count). The van der Waals surface area contributed by atoms with Crippen LogP contribution in [0.4, 0.5) is 0 Å². The van der Waals surface area contributed by atoms with Gasteiger partial charge in [-0.05, 0) is 19.8 Å². The van der Waals surface area contributed by atoms with E-state index in [1.54, 1.807) is 0 Å². The van der Waals surface area contributed by atoms with Crippen LogP contribution in [0.1, 0.15) is 19.8 Å². The monoisotopic (exact) mass is 193 g/mol. The SMILES string of the molecule is C[C@@H]1CNC[C@H](C2(O)CC2)O1.Cl. The Balaban J connectivity index is 0.000000720. The van der Waals surface area contributed by atoms with Crippen molar-refractivity contribution in [1.29, 1.82) is 0 Å². The normalized spacial score (nSPS) is 38.5. The van der Waals surface area contributed by atoms with Crippen LogP contribution in [0, 0.1) is 0 Å². The summed E-state index contributed by atoms with van der Waals surface area (Å²) in [6.07, 6.45) is 2.10. The number of morpholine rings is 1. The highest BCUT2D eigenvalue weighted by atomic mass is 35.5. The van der Waals surface area contributed by atoms with E-state index in [4.69, 9.17) is 4.74 Å². The first-order valence-corrected chi connectivity index (χ1v) is 4.29. The molecule has 3 nitrogen and oxygen atoms in total. The average molecular weight is 194 g/mol. The van der Waals surface area contributed by atoms with Crippen molar-refractivity contribution in [3.8, 4) is 0 Å². The first-order chi connectivity index (χ1) is 5.21. The molecule has 1 aliphatic heterocycles. The minimum atomic E-state index is -0.484. The second kappa shape index (κ2) is 3.50. The molecule has 1 saturated carbocycles. The van der Waals surface area contributed by atoms with Crippen LogP contribution in [0.5, 0.6) is 0 Å². The Bertz CT molecular complexity index is 161. The lowest BCUT2D eigenvalue weighted by Crippen LogP contribution is -2.49. The fraction of sp³-hybridized carbons (Fsp3) is 1.00. The molecule has 2 atom stereocenters. The number of aliphatic hydroxyl groups is 1. The molecule has 1 saturated heterocycles. The zero-order chi connectivity index (χ0) is 7.90. The van der Waals surface area contributed by atoms with Crippen molar-refractivity contribution < 1.29 is 9.84 Å². The van der Waals surface area contributed by atoms with Crippen LogP contribution < -0.4 is 5.32 Å². The Kier molecular flexibility index (Phi) is 2.99. The molecule has 1 heterocycles. The van der Waals surface area contributed by atoms with E-state index in [1.807, 2.05) is 6.92 Å². The summed E-state index contributed by atoms with van der Waals surface area (Å²) < 4.78 is 5.60. The van der Waals surface area contributed by atoms with E-state index in [2.05, 4.69) is 5.32 Å². The third-order valence-electron chi connectivity index (χ3n) is 2.52. The molecule has 0 amide bonds. The number of nitrogens with one attached hydrogen (secondary N) is 1. The topological polar surface area (TPSA) is 41.5 Å². The highest BCUT2D eigenvalue weighted by Crippen LogP contribution is 2.40. The zero-order valence-electron chi connectivity index (χ0n) is 7.25. The van der Waals surface area contributed by atoms with Crippen LogP contribution in [0.3, 0.4) is 0 Å². The molecule has 0 unspecified atom stereocenters. The number of halogens is 1. The minimum absolute atomic E-state index is 0. The quantitative estimate of drug-likeness (QED) is 0.630. The van der Waals surface area contributed by atoms with Crippen LogP contribution in [0.15, 0.2) is 0 Å². The summed E-state index contributed by atoms with van der Waals surface area (Å²) in [4.78, 5) is 0. The van der Waals surface area contributed by atoms with Gasteiger partial charge in [0.15, 0.2) is 0 Å². The van der Waals surface area contributed by atoms with Crippen molar-refractivity contribution in [3.05, 3.63) is 0 Å². The molecule has 1 aliphatic carbocycles. The summed E-state index contributed by atoms with van der Waals surface area (Å²) in [5.41, 5.74) is -0.484. The predicted molar refractivity (Wildman–Crippen MR) is 48.6 cm³/mol. The highest BCUT2D eigenvalue weighted by Gasteiger charge is 2.49. The lowest BCUT2D eigenvalue weighted by Gasteiger charge is -2.31. The molecule has 0 bridgehead atoms. The van der Waals surface area contributed by atoms with Gasteiger partial charge < -0.3 is 15.2 Å². The lowest BCUT2D eigenvalue weighted by atomic mass is 10.1. The highest BCUT2D eigenvalue weighted by molar-refractivity contribution is 5.85. The minimum Gasteiger partial charge on any atom is -0.387 e. The first-order valence-electron chi connectivity index (χ1n) is 4.29. The van der Waals surface area contributed by atoms with Crippen molar-refractivity contribution in [2.45, 2.75) is 37.6 Å². The van der Waals surface area contributed by atoms with Gasteiger partial charge in [-0.2, -0.15) is 0 Å². The molecule has 0 aromatic carbocycles. The third-order valence-corrected chi connectivity index (χ3v) is 2.52. The van der Waals surface area contributed by atoms with Crippen LogP contribution in [-0.2, 0) is 4.74 Å². The van der Waals surface area contributed by atoms with Gasteiger partial charge in [0.1, 0.15) is 0 Å². The van der Waals surface area contributed by atoms with Crippen molar-refractivity contribution in [1.82, 2.24) is 5.32 Å². The Hall–Kier alpha value is 0.170. The Morgan fingerprint density at radius 1 is 1.42 bits per heavy atom. The van der Waals surface area contributed by atoms with Gasteiger partial charge in [0.05, 0.1) is 17.8 Å². The fourth-order valence-electron chi connectivity index (χ4n) is 1.56. The Morgan fingerprint density at radius 3 is 2.58 bits per heavy atom. The van der Waals surface area contributed by atoms with E-state index in [0.717, 1.165) is 25.9 Å². The van der Waals surface area contributed by atoms with E-state index < -0.39 is 5.60 Å². The fourth-order valence-corrected chi connectivity index (χ4v) is 1.56. The molecule has 2 aliphatic rings. The lowest BCUT2D eigenvalue weighted by molar-refractivity contribution is -0.0996. The van der Waals surface area contributed by atoms with Crippen molar-refractivity contribution in [3.63, 3.8) is 0 Å². The van der Waals surface area contributed by atoms with Gasteiger partial charge in [0, 0.05) is 13.1 Å². The van der Waals surface area contributed by atoms with Crippen LogP contribution >= 0.6 is 12.4 Å². The Morgan fingerprint density at radius 2 is 2.08 bits per heavy atom. The largest absolute Gasteiger partial charge is 0.387 e. The summed E-state index contributed by atoms with van der Waals surface area (Å²) in [5, 5.41) is 13.0. The van der Waals surface area contributed by atoms with Gasteiger partial charge in [0.25, 0.3) is 0 Å². The molecule has 2 fully saturated rings. The van der Waals surface area contributed by atoms with Gasteiger partial charge in [0.2, 0.25) is 0 Å². The smallest absolute Gasteiger partial charge is 0.0990 e.